The average Bonchev–Trinajstić information content (AvgIpc) is 1.54. The Morgan fingerprint density at radius 3 is 0.571 bits per heavy atom. The quantitative estimate of drug-likeness (QED) is 0.314. The summed E-state index contributed by atoms with van der Waals surface area (Å²) in [6, 6.07) is 0. The standard InChI is InChI=1S/Al.3H2O3S.Y/c;3*1-4(2)3;/h;3*(H2,1,2,3);/q+3;;;;+3/p-6. The molecule has 0 fully saturated rings. The molecule has 0 aliphatic rings. The van der Waals surface area contributed by atoms with E-state index in [9.17, 15) is 0 Å². The summed E-state index contributed by atoms with van der Waals surface area (Å²) in [5, 5.41) is 0. The molecule has 0 unspecified atom stereocenters. The Labute approximate surface area is 123 Å². The molecule has 9 nitrogen and oxygen atoms in total. The first-order valence-electron chi connectivity index (χ1n) is 1.50. The van der Waals surface area contributed by atoms with Crippen molar-refractivity contribution in [1.82, 2.24) is 0 Å². The minimum Gasteiger partial charge on any atom is -0.784 e. The Morgan fingerprint density at radius 1 is 0.571 bits per heavy atom. The fourth-order valence-electron chi connectivity index (χ4n) is 0. The first-order valence-corrected chi connectivity index (χ1v) is 4.50. The van der Waals surface area contributed by atoms with E-state index < -0.39 is 34.1 Å². The van der Waals surface area contributed by atoms with Crippen LogP contribution < -0.4 is 0 Å². The van der Waals surface area contributed by atoms with Crippen molar-refractivity contribution in [3.05, 3.63) is 0 Å². The molecule has 0 saturated heterocycles. The third-order valence-electron chi connectivity index (χ3n) is 0. The third kappa shape index (κ3) is 670. The van der Waals surface area contributed by atoms with Crippen LogP contribution in [-0.2, 0) is 66.8 Å². The molecule has 14 heteroatoms. The van der Waals surface area contributed by atoms with Crippen molar-refractivity contribution in [3.63, 3.8) is 0 Å². The first-order chi connectivity index (χ1) is 5.20. The van der Waals surface area contributed by atoms with Crippen LogP contribution in [-0.4, -0.2) is 57.3 Å². The summed E-state index contributed by atoms with van der Waals surface area (Å²) in [6.07, 6.45) is 0. The predicted octanol–water partition coefficient (Wildman–Crippen LogP) is -3.40. The van der Waals surface area contributed by atoms with Gasteiger partial charge in [0.15, 0.2) is 0 Å². The van der Waals surface area contributed by atoms with E-state index in [4.69, 9.17) is 39.9 Å². The molecule has 0 bridgehead atoms. The van der Waals surface area contributed by atoms with Gasteiger partial charge in [-0.05, 0) is 0 Å². The number of hydrogen-bond acceptors (Lipinski definition) is 9. The van der Waals surface area contributed by atoms with Crippen molar-refractivity contribution in [3.8, 4) is 0 Å². The van der Waals surface area contributed by atoms with Crippen LogP contribution in [0, 0.1) is 0 Å². The molecule has 0 aromatic carbocycles. The largest absolute Gasteiger partial charge is 3.00 e. The molecule has 0 aliphatic heterocycles. The third-order valence-corrected chi connectivity index (χ3v) is 0. The van der Waals surface area contributed by atoms with Crippen LogP contribution in [0.4, 0.5) is 0 Å². The molecular weight excluding hydrogens is 356 g/mol. The Kier molecular flexibility index (Phi) is 51.3. The van der Waals surface area contributed by atoms with E-state index in [1.165, 1.54) is 0 Å². The SMILES string of the molecule is O=S([O-])[O-].O=S([O-])[O-].O=S([O-])[O-].[Al+3].[Y+3]. The predicted molar refractivity (Wildman–Crippen MR) is 34.8 cm³/mol. The second kappa shape index (κ2) is 24.2. The van der Waals surface area contributed by atoms with Gasteiger partial charge in [-0.3, -0.25) is 12.6 Å². The summed E-state index contributed by atoms with van der Waals surface area (Å²) in [5.74, 6) is 0. The van der Waals surface area contributed by atoms with Crippen LogP contribution in [0.25, 0.3) is 0 Å². The van der Waals surface area contributed by atoms with E-state index in [1.807, 2.05) is 0 Å². The topological polar surface area (TPSA) is 190 Å². The van der Waals surface area contributed by atoms with E-state index in [0.29, 0.717) is 0 Å². The van der Waals surface area contributed by atoms with Gasteiger partial charge in [0.1, 0.15) is 0 Å². The fraction of sp³-hybridized carbons (Fsp3) is 0. The summed E-state index contributed by atoms with van der Waals surface area (Å²) in [5.41, 5.74) is 0. The molecule has 78 valence electrons. The number of hydrogen-bond donors (Lipinski definition) is 0. The molecule has 0 saturated carbocycles. The van der Waals surface area contributed by atoms with Crippen molar-refractivity contribution in [2.24, 2.45) is 0 Å². The van der Waals surface area contributed by atoms with Gasteiger partial charge in [0.2, 0.25) is 0 Å². The smallest absolute Gasteiger partial charge is 0.784 e. The van der Waals surface area contributed by atoms with Crippen LogP contribution in [0.1, 0.15) is 0 Å². The van der Waals surface area contributed by atoms with Gasteiger partial charge < -0.3 is 27.3 Å². The second-order valence-electron chi connectivity index (χ2n) is 0.612. The molecule has 0 atom stereocenters. The minimum atomic E-state index is -3.11. The van der Waals surface area contributed by atoms with E-state index in [2.05, 4.69) is 0 Å². The van der Waals surface area contributed by atoms with E-state index in [0.717, 1.165) is 0 Å². The summed E-state index contributed by atoms with van der Waals surface area (Å²) >= 11 is -9.33. The van der Waals surface area contributed by atoms with Crippen LogP contribution in [0.5, 0.6) is 0 Å². The molecule has 0 radical (unpaired) electrons. The zero-order valence-corrected chi connectivity index (χ0v) is 12.5. The van der Waals surface area contributed by atoms with Crippen LogP contribution in [0.3, 0.4) is 0 Å². The summed E-state index contributed by atoms with van der Waals surface area (Å²) < 4.78 is 76.0. The minimum absolute atomic E-state index is 0. The van der Waals surface area contributed by atoms with Gasteiger partial charge in [-0.25, -0.2) is 0 Å². The Bertz CT molecular complexity index is 118. The van der Waals surface area contributed by atoms with Crippen molar-refractivity contribution >= 4 is 51.4 Å². The molecule has 0 rings (SSSR count). The summed E-state index contributed by atoms with van der Waals surface area (Å²) in [7, 11) is 0. The maximum absolute atomic E-state index is 8.44. The monoisotopic (exact) mass is 356 g/mol. The van der Waals surface area contributed by atoms with Gasteiger partial charge in [0.05, 0.1) is 0 Å². The molecule has 0 aliphatic carbocycles. The molecule has 0 aromatic rings. The van der Waals surface area contributed by atoms with E-state index in [-0.39, 0.29) is 50.1 Å². The zero-order valence-electron chi connectivity index (χ0n) is 6.05. The molecule has 0 aromatic heterocycles. The fourth-order valence-corrected chi connectivity index (χ4v) is 0. The maximum Gasteiger partial charge on any atom is 3.00 e. The van der Waals surface area contributed by atoms with Crippen molar-refractivity contribution in [2.45, 2.75) is 0 Å². The molecular formula is AlO9S3Y. The molecule has 0 heterocycles. The zero-order chi connectivity index (χ0) is 10.7. The van der Waals surface area contributed by atoms with Gasteiger partial charge in [-0.15, -0.1) is 34.1 Å². The Balaban J connectivity index is -0.0000000270. The van der Waals surface area contributed by atoms with E-state index >= 15 is 0 Å². The Hall–Kier alpha value is 1.85. The Morgan fingerprint density at radius 2 is 0.571 bits per heavy atom. The number of rotatable bonds is 0. The average molecular weight is 356 g/mol. The van der Waals surface area contributed by atoms with Crippen LogP contribution in [0.15, 0.2) is 0 Å². The summed E-state index contributed by atoms with van der Waals surface area (Å²) in [4.78, 5) is 0. The first kappa shape index (κ1) is 29.7. The van der Waals surface area contributed by atoms with Crippen LogP contribution >= 0.6 is 0 Å². The van der Waals surface area contributed by atoms with Crippen molar-refractivity contribution < 1.29 is 72.7 Å². The van der Waals surface area contributed by atoms with Gasteiger partial charge in [-0.1, -0.05) is 0 Å². The summed E-state index contributed by atoms with van der Waals surface area (Å²) in [6.45, 7) is 0. The van der Waals surface area contributed by atoms with Gasteiger partial charge >= 0.3 is 50.1 Å². The molecule has 0 amide bonds. The second-order valence-corrected chi connectivity index (χ2v) is 1.84. The molecule has 0 spiro atoms. The molecule has 14 heavy (non-hydrogen) atoms. The van der Waals surface area contributed by atoms with Crippen molar-refractivity contribution in [1.29, 1.82) is 0 Å². The maximum atomic E-state index is 8.44. The van der Waals surface area contributed by atoms with Crippen LogP contribution in [0.2, 0.25) is 0 Å². The van der Waals surface area contributed by atoms with Crippen molar-refractivity contribution in [2.75, 3.05) is 0 Å². The van der Waals surface area contributed by atoms with Gasteiger partial charge in [0, 0.05) is 0 Å². The van der Waals surface area contributed by atoms with Gasteiger partial charge in [0.25, 0.3) is 0 Å². The molecule has 0 N–H and O–H groups in total. The normalized spacial score (nSPS) is 7.50. The van der Waals surface area contributed by atoms with E-state index in [1.54, 1.807) is 0 Å². The van der Waals surface area contributed by atoms with Gasteiger partial charge in [-0.2, -0.15) is 0 Å².